The van der Waals surface area contributed by atoms with Gasteiger partial charge >= 0.3 is 8.25 Å². The maximum absolute atomic E-state index is 11.5. The molecule has 0 aliphatic carbocycles. The van der Waals surface area contributed by atoms with E-state index in [1.807, 2.05) is 0 Å². The fraction of sp³-hybridized carbons (Fsp3) is 0.500. The summed E-state index contributed by atoms with van der Waals surface area (Å²) >= 11 is 0. The number of rotatable bonds is 6. The first-order chi connectivity index (χ1) is 9.63. The summed E-state index contributed by atoms with van der Waals surface area (Å²) in [5.74, 6) is 1.31. The molecule has 11 nitrogen and oxygen atoms in total. The monoisotopic (exact) mass is 298 g/mol. The van der Waals surface area contributed by atoms with Crippen molar-refractivity contribution in [2.45, 2.75) is 27.1 Å². The summed E-state index contributed by atoms with van der Waals surface area (Å²) in [6, 6.07) is 0. The maximum Gasteiger partial charge on any atom is 0.320 e. The standard InChI is InChI=1S/C8H11N8O3P/c1-5-9-13-7(14-10-5)3-18-20(17)19-4-8-15-11-6(2)12-16-8/h20H,3-4H2,1-2H3. The summed E-state index contributed by atoms with van der Waals surface area (Å²) < 4.78 is 21.3. The van der Waals surface area contributed by atoms with Crippen LogP contribution in [0.1, 0.15) is 23.3 Å². The van der Waals surface area contributed by atoms with Crippen LogP contribution < -0.4 is 0 Å². The van der Waals surface area contributed by atoms with Crippen LogP contribution in [0.15, 0.2) is 0 Å². The topological polar surface area (TPSA) is 139 Å². The molecule has 0 aliphatic heterocycles. The molecule has 2 heterocycles. The molecule has 0 bridgehead atoms. The molecule has 0 spiro atoms. The van der Waals surface area contributed by atoms with Gasteiger partial charge in [-0.3, -0.25) is 4.57 Å². The Hall–Kier alpha value is -1.97. The lowest BCUT2D eigenvalue weighted by molar-refractivity contribution is 0.202. The van der Waals surface area contributed by atoms with Crippen molar-refractivity contribution < 1.29 is 13.6 Å². The van der Waals surface area contributed by atoms with E-state index in [0.29, 0.717) is 11.6 Å². The van der Waals surface area contributed by atoms with E-state index in [1.165, 1.54) is 0 Å². The Kier molecular flexibility index (Phi) is 5.04. The zero-order valence-corrected chi connectivity index (χ0v) is 11.7. The minimum Gasteiger partial charge on any atom is -0.302 e. The van der Waals surface area contributed by atoms with Gasteiger partial charge in [0.1, 0.15) is 13.2 Å². The van der Waals surface area contributed by atoms with E-state index in [9.17, 15) is 4.57 Å². The van der Waals surface area contributed by atoms with E-state index in [0.717, 1.165) is 0 Å². The van der Waals surface area contributed by atoms with Crippen LogP contribution in [0.5, 0.6) is 0 Å². The first-order valence-electron chi connectivity index (χ1n) is 5.49. The lowest BCUT2D eigenvalue weighted by Crippen LogP contribution is -2.04. The first kappa shape index (κ1) is 14.4. The van der Waals surface area contributed by atoms with E-state index in [-0.39, 0.29) is 24.9 Å². The molecule has 0 fully saturated rings. The van der Waals surface area contributed by atoms with Crippen LogP contribution in [0.4, 0.5) is 0 Å². The van der Waals surface area contributed by atoms with Crippen LogP contribution >= 0.6 is 8.25 Å². The number of aromatic nitrogens is 8. The molecule has 0 saturated carbocycles. The lowest BCUT2D eigenvalue weighted by atomic mass is 10.7. The predicted octanol–water partition coefficient (Wildman–Crippen LogP) is -0.413. The second-order valence-electron chi connectivity index (χ2n) is 3.55. The van der Waals surface area contributed by atoms with Crippen molar-refractivity contribution >= 4 is 8.25 Å². The summed E-state index contributed by atoms with van der Waals surface area (Å²) in [7, 11) is -2.73. The van der Waals surface area contributed by atoms with Crippen LogP contribution in [-0.4, -0.2) is 40.8 Å². The maximum atomic E-state index is 11.5. The van der Waals surface area contributed by atoms with Gasteiger partial charge in [0.15, 0.2) is 23.3 Å². The summed E-state index contributed by atoms with van der Waals surface area (Å²) in [4.78, 5) is 0. The summed E-state index contributed by atoms with van der Waals surface area (Å²) in [5, 5.41) is 29.6. The van der Waals surface area contributed by atoms with Crippen molar-refractivity contribution in [1.29, 1.82) is 0 Å². The van der Waals surface area contributed by atoms with Crippen molar-refractivity contribution in [3.63, 3.8) is 0 Å². The molecule has 2 aromatic rings. The Morgan fingerprint density at radius 2 is 1.10 bits per heavy atom. The van der Waals surface area contributed by atoms with Gasteiger partial charge < -0.3 is 9.05 Å². The van der Waals surface area contributed by atoms with Gasteiger partial charge in [-0.25, -0.2) is 0 Å². The van der Waals surface area contributed by atoms with Crippen molar-refractivity contribution in [3.8, 4) is 0 Å². The van der Waals surface area contributed by atoms with Crippen molar-refractivity contribution in [1.82, 2.24) is 40.8 Å². The van der Waals surface area contributed by atoms with Gasteiger partial charge in [-0.05, 0) is 13.8 Å². The van der Waals surface area contributed by atoms with Crippen molar-refractivity contribution in [2.75, 3.05) is 0 Å². The predicted molar refractivity (Wildman–Crippen MR) is 63.3 cm³/mol. The third kappa shape index (κ3) is 4.61. The molecule has 0 amide bonds. The number of hydrogen-bond acceptors (Lipinski definition) is 11. The van der Waals surface area contributed by atoms with Gasteiger partial charge in [-0.15, -0.1) is 40.8 Å². The van der Waals surface area contributed by atoms with Gasteiger partial charge in [-0.1, -0.05) is 0 Å². The van der Waals surface area contributed by atoms with Crippen LogP contribution in [0, 0.1) is 13.8 Å². The molecule has 0 aliphatic rings. The minimum atomic E-state index is -2.73. The van der Waals surface area contributed by atoms with Crippen LogP contribution in [0.25, 0.3) is 0 Å². The molecule has 20 heavy (non-hydrogen) atoms. The molecular weight excluding hydrogens is 287 g/mol. The molecule has 2 aromatic heterocycles. The Balaban J connectivity index is 1.75. The molecule has 0 aromatic carbocycles. The SMILES string of the molecule is Cc1nnc(CO[PH](=O)OCc2nnc(C)nn2)nn1. The molecule has 0 unspecified atom stereocenters. The normalized spacial score (nSPS) is 10.9. The fourth-order valence-corrected chi connectivity index (χ4v) is 1.58. The highest BCUT2D eigenvalue weighted by Crippen LogP contribution is 2.25. The van der Waals surface area contributed by atoms with E-state index in [2.05, 4.69) is 40.8 Å². The Morgan fingerprint density at radius 3 is 1.45 bits per heavy atom. The van der Waals surface area contributed by atoms with E-state index < -0.39 is 8.25 Å². The molecule has 0 saturated heterocycles. The molecule has 2 rings (SSSR count). The van der Waals surface area contributed by atoms with Gasteiger partial charge in [0.05, 0.1) is 0 Å². The summed E-state index contributed by atoms with van der Waals surface area (Å²) in [5.41, 5.74) is 0. The second-order valence-corrected chi connectivity index (χ2v) is 4.63. The van der Waals surface area contributed by atoms with Crippen LogP contribution in [0.2, 0.25) is 0 Å². The Morgan fingerprint density at radius 1 is 0.750 bits per heavy atom. The Bertz CT molecular complexity index is 526. The largest absolute Gasteiger partial charge is 0.320 e. The van der Waals surface area contributed by atoms with E-state index in [1.54, 1.807) is 13.8 Å². The molecule has 0 atom stereocenters. The molecule has 0 N–H and O–H groups in total. The number of hydrogen-bond donors (Lipinski definition) is 0. The van der Waals surface area contributed by atoms with Crippen LogP contribution in [0.3, 0.4) is 0 Å². The fourth-order valence-electron chi connectivity index (χ4n) is 1.00. The highest BCUT2D eigenvalue weighted by molar-refractivity contribution is 7.33. The van der Waals surface area contributed by atoms with E-state index >= 15 is 0 Å². The first-order valence-corrected chi connectivity index (χ1v) is 6.71. The van der Waals surface area contributed by atoms with Gasteiger partial charge in [0, 0.05) is 0 Å². The number of nitrogens with zero attached hydrogens (tertiary/aromatic N) is 8. The summed E-state index contributed by atoms with van der Waals surface area (Å²) in [6.45, 7) is 3.09. The van der Waals surface area contributed by atoms with Crippen molar-refractivity contribution in [3.05, 3.63) is 23.3 Å². The quantitative estimate of drug-likeness (QED) is 0.642. The van der Waals surface area contributed by atoms with Gasteiger partial charge in [-0.2, -0.15) is 0 Å². The molecule has 12 heteroatoms. The average molecular weight is 298 g/mol. The Labute approximate surface area is 114 Å². The second kappa shape index (κ2) is 6.98. The minimum absolute atomic E-state index is 0.108. The van der Waals surface area contributed by atoms with Crippen LogP contribution in [-0.2, 0) is 26.8 Å². The molecular formula is C8H11N8O3P. The van der Waals surface area contributed by atoms with E-state index in [4.69, 9.17) is 9.05 Å². The third-order valence-corrected chi connectivity index (χ3v) is 2.64. The summed E-state index contributed by atoms with van der Waals surface area (Å²) in [6.07, 6.45) is 0. The van der Waals surface area contributed by atoms with Crippen molar-refractivity contribution in [2.24, 2.45) is 0 Å². The van der Waals surface area contributed by atoms with Gasteiger partial charge in [0.25, 0.3) is 0 Å². The average Bonchev–Trinajstić information content (AvgIpc) is 2.46. The zero-order chi connectivity index (χ0) is 14.4. The molecule has 106 valence electrons. The highest BCUT2D eigenvalue weighted by Gasteiger charge is 2.06. The zero-order valence-electron chi connectivity index (χ0n) is 10.7. The molecule has 0 radical (unpaired) electrons. The third-order valence-electron chi connectivity index (χ3n) is 1.88. The lowest BCUT2D eigenvalue weighted by Gasteiger charge is -2.03. The smallest absolute Gasteiger partial charge is 0.302 e. The number of aryl methyl sites for hydroxylation is 2. The highest BCUT2D eigenvalue weighted by atomic mass is 31.1. The van der Waals surface area contributed by atoms with Gasteiger partial charge in [0.2, 0.25) is 0 Å².